The van der Waals surface area contributed by atoms with Gasteiger partial charge >= 0.3 is 17.9 Å². The van der Waals surface area contributed by atoms with Crippen molar-refractivity contribution in [1.82, 2.24) is 0 Å². The van der Waals surface area contributed by atoms with Crippen LogP contribution in [0.5, 0.6) is 0 Å². The first-order valence-corrected chi connectivity index (χ1v) is 32.7. The summed E-state index contributed by atoms with van der Waals surface area (Å²) in [6, 6.07) is 0. The van der Waals surface area contributed by atoms with Crippen molar-refractivity contribution in [3.8, 4) is 0 Å². The molecule has 0 aromatic heterocycles. The molecule has 0 bridgehead atoms. The number of hydrogen-bond donors (Lipinski definition) is 0. The van der Waals surface area contributed by atoms with Crippen LogP contribution in [-0.4, -0.2) is 37.2 Å². The van der Waals surface area contributed by atoms with Gasteiger partial charge in [-0.05, 0) is 116 Å². The summed E-state index contributed by atoms with van der Waals surface area (Å²) in [6.07, 6.45) is 93.2. The molecule has 448 valence electrons. The van der Waals surface area contributed by atoms with E-state index in [0.717, 1.165) is 109 Å². The Balaban J connectivity index is 4.44. The fourth-order valence-corrected chi connectivity index (χ4v) is 8.77. The van der Waals surface area contributed by atoms with Crippen LogP contribution in [0.25, 0.3) is 0 Å². The molecule has 0 amide bonds. The van der Waals surface area contributed by atoms with E-state index >= 15 is 0 Å². The molecule has 0 aliphatic heterocycles. The number of rotatable bonds is 58. The zero-order valence-corrected chi connectivity index (χ0v) is 51.3. The molecule has 0 saturated heterocycles. The summed E-state index contributed by atoms with van der Waals surface area (Å²) in [5.74, 6) is -0.961. The van der Waals surface area contributed by atoms with E-state index in [4.69, 9.17) is 14.2 Å². The van der Waals surface area contributed by atoms with Crippen LogP contribution in [0.2, 0.25) is 0 Å². The number of ether oxygens (including phenoxy) is 3. The van der Waals surface area contributed by atoms with Gasteiger partial charge < -0.3 is 14.2 Å². The van der Waals surface area contributed by atoms with E-state index in [0.29, 0.717) is 19.3 Å². The van der Waals surface area contributed by atoms with Gasteiger partial charge in [0, 0.05) is 19.3 Å². The maximum absolute atomic E-state index is 12.9. The Hall–Kier alpha value is -4.45. The highest BCUT2D eigenvalue weighted by atomic mass is 16.6. The molecule has 0 N–H and O–H groups in total. The lowest BCUT2D eigenvalue weighted by Crippen LogP contribution is -2.30. The van der Waals surface area contributed by atoms with Crippen LogP contribution in [0.4, 0.5) is 0 Å². The standard InChI is InChI=1S/C73H120O6/c1-4-7-10-13-16-19-22-25-27-29-31-32-33-34-35-36-37-38-39-40-42-43-45-48-51-54-57-60-63-66-72(75)78-69-70(68-77-71(74)65-62-59-56-53-50-47-24-21-18-15-12-9-6-3)79-73(76)67-64-61-58-55-52-49-46-44-41-30-28-26-23-20-17-14-11-8-5-2/h7,10,16-17,19-20,25-28,31-32,34-35,37-38,40,42,45,48,54,57,70H,4-6,8-9,11-15,18,21-24,29-30,33,36,39,41,43-44,46-47,49-53,55-56,58-69H2,1-3H3/b10-7-,19-16-,20-17-,27-25-,28-26-,32-31-,35-34-,38-37-,42-40-,48-45-,57-54-. The van der Waals surface area contributed by atoms with Crippen LogP contribution in [0.3, 0.4) is 0 Å². The molecule has 0 saturated carbocycles. The number of allylic oxidation sites excluding steroid dienone is 22. The molecule has 79 heavy (non-hydrogen) atoms. The molecular weight excluding hydrogens is 973 g/mol. The van der Waals surface area contributed by atoms with Crippen LogP contribution < -0.4 is 0 Å². The second kappa shape index (κ2) is 66.1. The van der Waals surface area contributed by atoms with Crippen molar-refractivity contribution in [3.05, 3.63) is 134 Å². The number of hydrogen-bond acceptors (Lipinski definition) is 6. The molecule has 0 rings (SSSR count). The van der Waals surface area contributed by atoms with Crippen molar-refractivity contribution < 1.29 is 28.6 Å². The molecule has 0 aliphatic carbocycles. The highest BCUT2D eigenvalue weighted by Gasteiger charge is 2.19. The molecule has 0 radical (unpaired) electrons. The third kappa shape index (κ3) is 64.3. The van der Waals surface area contributed by atoms with Crippen molar-refractivity contribution in [2.45, 2.75) is 297 Å². The number of esters is 3. The Bertz CT molecular complexity index is 1680. The molecule has 1 unspecified atom stereocenters. The van der Waals surface area contributed by atoms with Crippen LogP contribution in [0.1, 0.15) is 290 Å². The average Bonchev–Trinajstić information content (AvgIpc) is 3.45. The molecule has 6 nitrogen and oxygen atoms in total. The Labute approximate surface area is 487 Å². The molecule has 0 fully saturated rings. The molecule has 0 heterocycles. The van der Waals surface area contributed by atoms with E-state index in [1.165, 1.54) is 135 Å². The van der Waals surface area contributed by atoms with Gasteiger partial charge in [0.15, 0.2) is 6.10 Å². The zero-order valence-electron chi connectivity index (χ0n) is 51.3. The van der Waals surface area contributed by atoms with E-state index in [-0.39, 0.29) is 37.5 Å². The van der Waals surface area contributed by atoms with Gasteiger partial charge in [-0.3, -0.25) is 14.4 Å². The topological polar surface area (TPSA) is 78.9 Å². The average molecular weight is 1090 g/mol. The maximum Gasteiger partial charge on any atom is 0.306 e. The van der Waals surface area contributed by atoms with Crippen molar-refractivity contribution in [1.29, 1.82) is 0 Å². The van der Waals surface area contributed by atoms with Gasteiger partial charge in [-0.1, -0.05) is 289 Å². The van der Waals surface area contributed by atoms with Gasteiger partial charge in [-0.2, -0.15) is 0 Å². The minimum atomic E-state index is -0.808. The Morgan fingerprint density at radius 3 is 0.848 bits per heavy atom. The van der Waals surface area contributed by atoms with Crippen molar-refractivity contribution in [3.63, 3.8) is 0 Å². The highest BCUT2D eigenvalue weighted by Crippen LogP contribution is 2.16. The largest absolute Gasteiger partial charge is 0.462 e. The lowest BCUT2D eigenvalue weighted by Gasteiger charge is -2.18. The van der Waals surface area contributed by atoms with Crippen LogP contribution in [0, 0.1) is 0 Å². The van der Waals surface area contributed by atoms with Gasteiger partial charge in [-0.25, -0.2) is 0 Å². The summed E-state index contributed by atoms with van der Waals surface area (Å²) in [6.45, 7) is 6.46. The van der Waals surface area contributed by atoms with E-state index in [9.17, 15) is 14.4 Å². The quantitative estimate of drug-likeness (QED) is 0.0261. The first kappa shape index (κ1) is 74.5. The van der Waals surface area contributed by atoms with Crippen molar-refractivity contribution in [2.24, 2.45) is 0 Å². The zero-order chi connectivity index (χ0) is 57.1. The lowest BCUT2D eigenvalue weighted by molar-refractivity contribution is -0.167. The monoisotopic (exact) mass is 1090 g/mol. The minimum absolute atomic E-state index is 0.0986. The number of carbonyl (C=O) groups is 3. The summed E-state index contributed by atoms with van der Waals surface area (Å²) in [5, 5.41) is 0. The van der Waals surface area contributed by atoms with Gasteiger partial charge in [0.2, 0.25) is 0 Å². The van der Waals surface area contributed by atoms with E-state index in [2.05, 4.69) is 154 Å². The van der Waals surface area contributed by atoms with Gasteiger partial charge in [-0.15, -0.1) is 0 Å². The predicted octanol–water partition coefficient (Wildman–Crippen LogP) is 22.5. The van der Waals surface area contributed by atoms with Gasteiger partial charge in [0.05, 0.1) is 0 Å². The lowest BCUT2D eigenvalue weighted by atomic mass is 10.0. The van der Waals surface area contributed by atoms with Gasteiger partial charge in [0.25, 0.3) is 0 Å². The summed E-state index contributed by atoms with van der Waals surface area (Å²) in [4.78, 5) is 38.3. The Morgan fingerprint density at radius 2 is 0.506 bits per heavy atom. The number of unbranched alkanes of at least 4 members (excludes halogenated alkanes) is 25. The number of carbonyl (C=O) groups excluding carboxylic acids is 3. The Kier molecular flexibility index (Phi) is 62.3. The third-order valence-electron chi connectivity index (χ3n) is 13.6. The second-order valence-electron chi connectivity index (χ2n) is 21.3. The van der Waals surface area contributed by atoms with Gasteiger partial charge in [0.1, 0.15) is 13.2 Å². The van der Waals surface area contributed by atoms with E-state index in [1.54, 1.807) is 0 Å². The Morgan fingerprint density at radius 1 is 0.266 bits per heavy atom. The minimum Gasteiger partial charge on any atom is -0.462 e. The molecule has 1 atom stereocenters. The van der Waals surface area contributed by atoms with Crippen molar-refractivity contribution >= 4 is 17.9 Å². The van der Waals surface area contributed by atoms with Crippen LogP contribution in [0.15, 0.2) is 134 Å². The summed E-state index contributed by atoms with van der Waals surface area (Å²) in [5.41, 5.74) is 0. The molecule has 0 spiro atoms. The predicted molar refractivity (Wildman–Crippen MR) is 343 cm³/mol. The summed E-state index contributed by atoms with van der Waals surface area (Å²) in [7, 11) is 0. The second-order valence-corrected chi connectivity index (χ2v) is 21.3. The fourth-order valence-electron chi connectivity index (χ4n) is 8.77. The van der Waals surface area contributed by atoms with E-state index in [1.807, 2.05) is 0 Å². The first-order valence-electron chi connectivity index (χ1n) is 32.7. The summed E-state index contributed by atoms with van der Waals surface area (Å²) < 4.78 is 16.9. The fraction of sp³-hybridized carbons (Fsp3) is 0.658. The molecular formula is C73H120O6. The summed E-state index contributed by atoms with van der Waals surface area (Å²) >= 11 is 0. The third-order valence-corrected chi connectivity index (χ3v) is 13.6. The molecule has 0 aromatic carbocycles. The van der Waals surface area contributed by atoms with Crippen molar-refractivity contribution in [2.75, 3.05) is 13.2 Å². The highest BCUT2D eigenvalue weighted by molar-refractivity contribution is 5.71. The normalized spacial score (nSPS) is 13.0. The van der Waals surface area contributed by atoms with Crippen LogP contribution >= 0.6 is 0 Å². The van der Waals surface area contributed by atoms with E-state index < -0.39 is 6.10 Å². The smallest absolute Gasteiger partial charge is 0.306 e. The SMILES string of the molecule is CC/C=C\C/C=C\C/C=C\C/C=C\C/C=C\C/C=C\C/C=C\C/C=C\C/C=C\CCCC(=O)OCC(COC(=O)CCCCCCCCCCCCCCC)OC(=O)CCCCCCCCCCC/C=C\C/C=C\CCCCC. The molecule has 6 heteroatoms. The maximum atomic E-state index is 12.9. The molecule has 0 aliphatic rings. The molecule has 0 aromatic rings. The first-order chi connectivity index (χ1) is 39.0. The van der Waals surface area contributed by atoms with Crippen LogP contribution in [-0.2, 0) is 28.6 Å².